The van der Waals surface area contributed by atoms with Gasteiger partial charge in [-0.25, -0.2) is 9.78 Å². The molecule has 2 rings (SSSR count). The van der Waals surface area contributed by atoms with Crippen molar-refractivity contribution in [2.75, 3.05) is 5.32 Å². The number of carbonyl (C=O) groups is 1. The second kappa shape index (κ2) is 6.92. The minimum Gasteiger partial charge on any atom is -0.315 e. The Bertz CT molecular complexity index is 450. The molecule has 0 unspecified atom stereocenters. The molecule has 1 aromatic heterocycles. The number of allylic oxidation sites excluding steroid dienone is 1. The van der Waals surface area contributed by atoms with Crippen LogP contribution in [0.15, 0.2) is 30.6 Å². The number of nitrogens with one attached hydrogen (secondary N) is 2. The van der Waals surface area contributed by atoms with Gasteiger partial charge in [-0.3, -0.25) is 5.32 Å². The van der Waals surface area contributed by atoms with Crippen molar-refractivity contribution >= 4 is 11.8 Å². The molecular formula is C15H21N3O. The monoisotopic (exact) mass is 259 g/mol. The molecule has 4 nitrogen and oxygen atoms in total. The van der Waals surface area contributed by atoms with E-state index in [0.717, 1.165) is 5.56 Å². The molecule has 0 bridgehead atoms. The zero-order valence-corrected chi connectivity index (χ0v) is 11.4. The van der Waals surface area contributed by atoms with Gasteiger partial charge in [0.25, 0.3) is 0 Å². The zero-order chi connectivity index (χ0) is 13.5. The van der Waals surface area contributed by atoms with E-state index in [1.54, 1.807) is 12.4 Å². The molecule has 0 spiro atoms. The third kappa shape index (κ3) is 4.39. The van der Waals surface area contributed by atoms with Crippen molar-refractivity contribution in [2.24, 2.45) is 5.92 Å². The topological polar surface area (TPSA) is 54.0 Å². The Labute approximate surface area is 114 Å². The molecule has 19 heavy (non-hydrogen) atoms. The van der Waals surface area contributed by atoms with Gasteiger partial charge in [0.1, 0.15) is 5.82 Å². The maximum atomic E-state index is 11.7. The first-order valence-corrected chi connectivity index (χ1v) is 6.91. The molecular weight excluding hydrogens is 238 g/mol. The molecule has 1 saturated carbocycles. The Kier molecular flexibility index (Phi) is 4.95. The van der Waals surface area contributed by atoms with Crippen molar-refractivity contribution in [3.63, 3.8) is 0 Å². The number of anilines is 1. The number of aryl methyl sites for hydroxylation is 1. The van der Waals surface area contributed by atoms with Crippen LogP contribution >= 0.6 is 0 Å². The Hall–Kier alpha value is -1.84. The van der Waals surface area contributed by atoms with Crippen molar-refractivity contribution in [2.45, 2.75) is 39.0 Å². The van der Waals surface area contributed by atoms with Crippen molar-refractivity contribution < 1.29 is 4.79 Å². The van der Waals surface area contributed by atoms with Crippen LogP contribution in [0.1, 0.15) is 37.7 Å². The SMILES string of the molecule is Cc1cccnc1NC(=O)N/C=C/C1CCCCC1. The third-order valence-electron chi connectivity index (χ3n) is 3.47. The van der Waals surface area contributed by atoms with E-state index >= 15 is 0 Å². The lowest BCUT2D eigenvalue weighted by atomic mass is 9.89. The van der Waals surface area contributed by atoms with Gasteiger partial charge in [-0.15, -0.1) is 0 Å². The van der Waals surface area contributed by atoms with Crippen molar-refractivity contribution in [3.8, 4) is 0 Å². The number of hydrogen-bond acceptors (Lipinski definition) is 2. The fourth-order valence-electron chi connectivity index (χ4n) is 2.35. The van der Waals surface area contributed by atoms with Gasteiger partial charge in [-0.2, -0.15) is 0 Å². The van der Waals surface area contributed by atoms with Crippen LogP contribution in [0.2, 0.25) is 0 Å². The fourth-order valence-corrected chi connectivity index (χ4v) is 2.35. The quantitative estimate of drug-likeness (QED) is 0.871. The molecule has 0 aliphatic heterocycles. The summed E-state index contributed by atoms with van der Waals surface area (Å²) in [6.45, 7) is 1.92. The standard InChI is InChI=1S/C15H21N3O/c1-12-6-5-10-16-14(12)18-15(19)17-11-9-13-7-3-2-4-8-13/h5-6,9-11,13H,2-4,7-8H2,1H3,(H2,16,17,18,19)/b11-9+. The largest absolute Gasteiger partial charge is 0.324 e. The van der Waals surface area contributed by atoms with Gasteiger partial charge in [0, 0.05) is 12.4 Å². The fraction of sp³-hybridized carbons (Fsp3) is 0.467. The first-order chi connectivity index (χ1) is 9.25. The van der Waals surface area contributed by atoms with Crippen molar-refractivity contribution in [3.05, 3.63) is 36.2 Å². The Morgan fingerprint density at radius 1 is 1.37 bits per heavy atom. The van der Waals surface area contributed by atoms with Gasteiger partial charge in [0.2, 0.25) is 0 Å². The number of hydrogen-bond donors (Lipinski definition) is 2. The zero-order valence-electron chi connectivity index (χ0n) is 11.4. The molecule has 0 atom stereocenters. The van der Waals surface area contributed by atoms with E-state index in [0.29, 0.717) is 11.7 Å². The molecule has 1 heterocycles. The highest BCUT2D eigenvalue weighted by molar-refractivity contribution is 5.89. The summed E-state index contributed by atoms with van der Waals surface area (Å²) in [5.74, 6) is 1.22. The van der Waals surface area contributed by atoms with E-state index < -0.39 is 0 Å². The third-order valence-corrected chi connectivity index (χ3v) is 3.47. The first kappa shape index (κ1) is 13.6. The first-order valence-electron chi connectivity index (χ1n) is 6.91. The Morgan fingerprint density at radius 3 is 2.89 bits per heavy atom. The summed E-state index contributed by atoms with van der Waals surface area (Å²) in [6, 6.07) is 3.52. The lowest BCUT2D eigenvalue weighted by Gasteiger charge is -2.17. The van der Waals surface area contributed by atoms with Crippen molar-refractivity contribution in [1.82, 2.24) is 10.3 Å². The van der Waals surface area contributed by atoms with Gasteiger partial charge >= 0.3 is 6.03 Å². The molecule has 102 valence electrons. The van der Waals surface area contributed by atoms with Crippen LogP contribution in [0.5, 0.6) is 0 Å². The van der Waals surface area contributed by atoms with Crippen LogP contribution in [0, 0.1) is 12.8 Å². The normalized spacial score (nSPS) is 16.5. The summed E-state index contributed by atoms with van der Waals surface area (Å²) < 4.78 is 0. The highest BCUT2D eigenvalue weighted by atomic mass is 16.2. The molecule has 1 aliphatic carbocycles. The highest BCUT2D eigenvalue weighted by Gasteiger charge is 2.09. The smallest absolute Gasteiger partial charge is 0.315 e. The van der Waals surface area contributed by atoms with E-state index in [4.69, 9.17) is 0 Å². The molecule has 2 amide bonds. The minimum atomic E-state index is -0.242. The van der Waals surface area contributed by atoms with Crippen LogP contribution in [-0.2, 0) is 0 Å². The van der Waals surface area contributed by atoms with Gasteiger partial charge in [0.15, 0.2) is 0 Å². The van der Waals surface area contributed by atoms with E-state index in [1.807, 2.05) is 19.1 Å². The molecule has 2 N–H and O–H groups in total. The number of nitrogens with zero attached hydrogens (tertiary/aromatic N) is 1. The summed E-state index contributed by atoms with van der Waals surface area (Å²) in [5, 5.41) is 5.47. The van der Waals surface area contributed by atoms with E-state index in [9.17, 15) is 4.79 Å². The summed E-state index contributed by atoms with van der Waals surface area (Å²) in [6.07, 6.45) is 11.9. The van der Waals surface area contributed by atoms with E-state index in [2.05, 4.69) is 21.7 Å². The average Bonchev–Trinajstić information content (AvgIpc) is 2.43. The van der Waals surface area contributed by atoms with E-state index in [-0.39, 0.29) is 6.03 Å². The van der Waals surface area contributed by atoms with E-state index in [1.165, 1.54) is 32.1 Å². The lowest BCUT2D eigenvalue weighted by Crippen LogP contribution is -2.25. The predicted octanol–water partition coefficient (Wildman–Crippen LogP) is 3.61. The van der Waals surface area contributed by atoms with Crippen LogP contribution in [0.4, 0.5) is 10.6 Å². The van der Waals surface area contributed by atoms with Crippen molar-refractivity contribution in [1.29, 1.82) is 0 Å². The molecule has 1 aromatic rings. The molecule has 1 aliphatic rings. The van der Waals surface area contributed by atoms with Crippen LogP contribution in [0.3, 0.4) is 0 Å². The van der Waals surface area contributed by atoms with Crippen LogP contribution < -0.4 is 10.6 Å². The molecule has 1 fully saturated rings. The second-order valence-electron chi connectivity index (χ2n) is 5.02. The minimum absolute atomic E-state index is 0.242. The van der Waals surface area contributed by atoms with Gasteiger partial charge in [-0.1, -0.05) is 31.4 Å². The molecule has 0 radical (unpaired) electrons. The summed E-state index contributed by atoms with van der Waals surface area (Å²) in [4.78, 5) is 15.8. The number of urea groups is 1. The Morgan fingerprint density at radius 2 is 2.16 bits per heavy atom. The van der Waals surface area contributed by atoms with Crippen LogP contribution in [-0.4, -0.2) is 11.0 Å². The molecule has 0 aromatic carbocycles. The number of amides is 2. The maximum Gasteiger partial charge on any atom is 0.324 e. The summed E-state index contributed by atoms with van der Waals surface area (Å²) in [5.41, 5.74) is 0.953. The highest BCUT2D eigenvalue weighted by Crippen LogP contribution is 2.24. The number of rotatable bonds is 3. The van der Waals surface area contributed by atoms with Crippen LogP contribution in [0.25, 0.3) is 0 Å². The van der Waals surface area contributed by atoms with Gasteiger partial charge in [-0.05, 0) is 37.3 Å². The lowest BCUT2D eigenvalue weighted by molar-refractivity contribution is 0.255. The van der Waals surface area contributed by atoms with Gasteiger partial charge < -0.3 is 5.32 Å². The summed E-state index contributed by atoms with van der Waals surface area (Å²) in [7, 11) is 0. The molecule has 0 saturated heterocycles. The summed E-state index contributed by atoms with van der Waals surface area (Å²) >= 11 is 0. The number of aromatic nitrogens is 1. The second-order valence-corrected chi connectivity index (χ2v) is 5.02. The Balaban J connectivity index is 1.78. The molecule has 4 heteroatoms. The maximum absolute atomic E-state index is 11.7. The predicted molar refractivity (Wildman–Crippen MR) is 76.8 cm³/mol. The van der Waals surface area contributed by atoms with Gasteiger partial charge in [0.05, 0.1) is 0 Å². The number of carbonyl (C=O) groups excluding carboxylic acids is 1. The average molecular weight is 259 g/mol. The number of pyridine rings is 1.